The number of piperazine rings is 1. The van der Waals surface area contributed by atoms with Crippen LogP contribution in [0, 0.1) is 5.82 Å². The molecule has 13 heteroatoms. The van der Waals surface area contributed by atoms with Crippen molar-refractivity contribution < 1.29 is 18.7 Å². The topological polar surface area (TPSA) is 152 Å². The average Bonchev–Trinajstić information content (AvgIpc) is 3.61. The van der Waals surface area contributed by atoms with Gasteiger partial charge >= 0.3 is 0 Å². The summed E-state index contributed by atoms with van der Waals surface area (Å²) in [5.74, 6) is -1.47. The van der Waals surface area contributed by atoms with Gasteiger partial charge in [0, 0.05) is 105 Å². The smallest absolute Gasteiger partial charge is 0.270 e. The zero-order chi connectivity index (χ0) is 38.5. The Morgan fingerprint density at radius 1 is 1.07 bits per heavy atom. The summed E-state index contributed by atoms with van der Waals surface area (Å²) in [6.07, 6.45) is 5.73. The molecule has 0 saturated carbocycles. The monoisotopic (exact) mass is 747 g/mol. The van der Waals surface area contributed by atoms with Gasteiger partial charge < -0.3 is 26.4 Å². The largest absolute Gasteiger partial charge is 0.381 e. The van der Waals surface area contributed by atoms with Crippen LogP contribution in [0.15, 0.2) is 60.9 Å². The Labute approximate surface area is 321 Å². The molecule has 0 spiro atoms. The van der Waals surface area contributed by atoms with E-state index < -0.39 is 11.8 Å². The predicted molar refractivity (Wildman–Crippen MR) is 211 cm³/mol. The number of aromatic nitrogens is 4. The fourth-order valence-electron chi connectivity index (χ4n) is 7.80. The molecule has 12 nitrogen and oxygen atoms in total. The number of primary amides is 1. The van der Waals surface area contributed by atoms with Gasteiger partial charge in [-0.15, -0.1) is 0 Å². The normalized spacial score (nSPS) is 16.7. The van der Waals surface area contributed by atoms with Crippen LogP contribution >= 0.6 is 0 Å². The van der Waals surface area contributed by atoms with E-state index in [9.17, 15) is 9.59 Å². The number of carbonyl (C=O) groups is 2. The number of fused-ring (bicyclic) bond motifs is 1. The molecule has 2 amide bonds. The minimum atomic E-state index is -0.659. The number of ether oxygens (including phenoxy) is 1. The van der Waals surface area contributed by atoms with E-state index in [-0.39, 0.29) is 36.1 Å². The highest BCUT2D eigenvalue weighted by Gasteiger charge is 2.26. The number of aryl methyl sites for hydroxylation is 2. The number of nitrogens with two attached hydrogens (primary N) is 1. The number of rotatable bonds is 13. The lowest BCUT2D eigenvalue weighted by Crippen LogP contribution is -2.48. The van der Waals surface area contributed by atoms with Gasteiger partial charge in [-0.1, -0.05) is 31.2 Å². The van der Waals surface area contributed by atoms with Crippen LogP contribution in [-0.2, 0) is 37.2 Å². The van der Waals surface area contributed by atoms with Crippen LogP contribution in [0.1, 0.15) is 82.4 Å². The van der Waals surface area contributed by atoms with Crippen molar-refractivity contribution in [1.82, 2.24) is 35.3 Å². The van der Waals surface area contributed by atoms with Crippen molar-refractivity contribution in [3.8, 4) is 11.1 Å². The van der Waals surface area contributed by atoms with Gasteiger partial charge in [-0.3, -0.25) is 19.5 Å². The molecular formula is C42H50FN9O3. The number of nitrogens with one attached hydrogen (secondary N) is 3. The third kappa shape index (κ3) is 8.54. The molecule has 2 aliphatic heterocycles. The highest BCUT2D eigenvalue weighted by molar-refractivity contribution is 6.01. The number of nitrogens with zero attached hydrogens (tertiary/aromatic N) is 5. The number of pyridine rings is 2. The third-order valence-corrected chi connectivity index (χ3v) is 10.6. The SMILES string of the molecule is CCc1nc2c(cnn2CC)c(NC2CCOCC2)c1Cc1c(C(N)=O)ccnc1C(=O)NCc1ccc(F)c(-c2cccc(CN3CCN[C@@H](C)C3)c2)c1. The van der Waals surface area contributed by atoms with Crippen LogP contribution in [0.25, 0.3) is 22.2 Å². The maximum atomic E-state index is 15.3. The van der Waals surface area contributed by atoms with E-state index >= 15 is 4.39 Å². The molecule has 5 aromatic rings. The molecule has 2 saturated heterocycles. The summed E-state index contributed by atoms with van der Waals surface area (Å²) in [6.45, 7) is 12.0. The Kier molecular flexibility index (Phi) is 11.8. The lowest BCUT2D eigenvalue weighted by atomic mass is 9.93. The number of halogens is 1. The summed E-state index contributed by atoms with van der Waals surface area (Å²) in [5.41, 5.74) is 13.1. The standard InChI is InChI=1S/C42H50FN9O3/c1-4-37-34(38(49-30-12-17-55-18-13-30)35-23-48-52(5-2)41(35)50-37)21-33-31(40(44)53)11-14-46-39(33)42(54)47-22-27-9-10-36(43)32(20-27)29-8-6-7-28(19-29)25-51-16-15-45-26(3)24-51/h6-11,14,19-20,23,26,30,45H,4-5,12-13,15-18,21-22,24-25H2,1-3H3,(H2,44,53)(H,47,54)(H,49,50)/t26-/m0/s1. The molecule has 2 aromatic carbocycles. The number of hydrogen-bond donors (Lipinski definition) is 4. The first-order chi connectivity index (χ1) is 26.7. The van der Waals surface area contributed by atoms with Gasteiger partial charge in [-0.2, -0.15) is 5.10 Å². The van der Waals surface area contributed by atoms with E-state index in [0.717, 1.165) is 83.7 Å². The highest BCUT2D eigenvalue weighted by atomic mass is 19.1. The third-order valence-electron chi connectivity index (χ3n) is 10.6. The fraction of sp³-hybridized carbons (Fsp3) is 0.405. The summed E-state index contributed by atoms with van der Waals surface area (Å²) >= 11 is 0. The minimum Gasteiger partial charge on any atom is -0.381 e. The van der Waals surface area contributed by atoms with E-state index in [2.05, 4.69) is 43.9 Å². The predicted octanol–water partition coefficient (Wildman–Crippen LogP) is 5.22. The highest BCUT2D eigenvalue weighted by Crippen LogP contribution is 2.34. The van der Waals surface area contributed by atoms with E-state index in [0.29, 0.717) is 43.3 Å². The second-order valence-corrected chi connectivity index (χ2v) is 14.5. The maximum Gasteiger partial charge on any atom is 0.270 e. The molecule has 5 N–H and O–H groups in total. The Morgan fingerprint density at radius 3 is 2.67 bits per heavy atom. The number of carbonyl (C=O) groups excluding carboxylic acids is 2. The van der Waals surface area contributed by atoms with E-state index in [1.54, 1.807) is 18.2 Å². The molecule has 288 valence electrons. The molecule has 0 aliphatic carbocycles. The fourth-order valence-corrected chi connectivity index (χ4v) is 7.80. The van der Waals surface area contributed by atoms with Gasteiger partial charge in [0.25, 0.3) is 5.91 Å². The van der Waals surface area contributed by atoms with Crippen molar-refractivity contribution in [1.29, 1.82) is 0 Å². The quantitative estimate of drug-likeness (QED) is 0.127. The van der Waals surface area contributed by atoms with Crippen LogP contribution in [0.5, 0.6) is 0 Å². The van der Waals surface area contributed by atoms with Crippen molar-refractivity contribution in [2.24, 2.45) is 5.73 Å². The van der Waals surface area contributed by atoms with Crippen molar-refractivity contribution >= 4 is 28.5 Å². The van der Waals surface area contributed by atoms with Gasteiger partial charge in [0.2, 0.25) is 5.91 Å². The van der Waals surface area contributed by atoms with Crippen molar-refractivity contribution in [2.75, 3.05) is 38.2 Å². The molecule has 2 aliphatic rings. The minimum absolute atomic E-state index is 0.0944. The molecule has 55 heavy (non-hydrogen) atoms. The van der Waals surface area contributed by atoms with Crippen molar-refractivity contribution in [3.63, 3.8) is 0 Å². The lowest BCUT2D eigenvalue weighted by molar-refractivity contribution is 0.0904. The summed E-state index contributed by atoms with van der Waals surface area (Å²) in [4.78, 5) is 38.9. The zero-order valence-electron chi connectivity index (χ0n) is 31.8. The van der Waals surface area contributed by atoms with Gasteiger partial charge in [-0.05, 0) is 74.1 Å². The summed E-state index contributed by atoms with van der Waals surface area (Å²) in [6, 6.07) is 15.0. The second kappa shape index (κ2) is 17.1. The molecular weight excluding hydrogens is 698 g/mol. The van der Waals surface area contributed by atoms with Crippen LogP contribution in [0.3, 0.4) is 0 Å². The molecule has 3 aromatic heterocycles. The van der Waals surface area contributed by atoms with Crippen LogP contribution < -0.4 is 21.7 Å². The van der Waals surface area contributed by atoms with Gasteiger partial charge in [0.1, 0.15) is 11.5 Å². The first-order valence-corrected chi connectivity index (χ1v) is 19.3. The van der Waals surface area contributed by atoms with Gasteiger partial charge in [-0.25, -0.2) is 14.1 Å². The van der Waals surface area contributed by atoms with E-state index in [4.69, 9.17) is 15.5 Å². The zero-order valence-corrected chi connectivity index (χ0v) is 31.8. The molecule has 0 bridgehead atoms. The van der Waals surface area contributed by atoms with E-state index in [1.807, 2.05) is 42.9 Å². The second-order valence-electron chi connectivity index (χ2n) is 14.5. The van der Waals surface area contributed by atoms with Crippen molar-refractivity contribution in [2.45, 2.75) is 78.2 Å². The first kappa shape index (κ1) is 38.1. The number of anilines is 1. The number of hydrogen-bond acceptors (Lipinski definition) is 9. The Hall–Kier alpha value is -5.24. The number of benzene rings is 2. The number of amides is 2. The molecule has 0 unspecified atom stereocenters. The van der Waals surface area contributed by atoms with Crippen LogP contribution in [0.2, 0.25) is 0 Å². The molecule has 1 atom stereocenters. The van der Waals surface area contributed by atoms with Gasteiger partial charge in [0.05, 0.1) is 17.3 Å². The molecule has 0 radical (unpaired) electrons. The van der Waals surface area contributed by atoms with Crippen LogP contribution in [-0.4, -0.2) is 81.4 Å². The lowest BCUT2D eigenvalue weighted by Gasteiger charge is -2.31. The maximum absolute atomic E-state index is 15.3. The van der Waals surface area contributed by atoms with Gasteiger partial charge in [0.15, 0.2) is 5.65 Å². The molecule has 5 heterocycles. The molecule has 7 rings (SSSR count). The van der Waals surface area contributed by atoms with Crippen molar-refractivity contribution in [3.05, 3.63) is 106 Å². The first-order valence-electron chi connectivity index (χ1n) is 19.3. The summed E-state index contributed by atoms with van der Waals surface area (Å²) in [7, 11) is 0. The van der Waals surface area contributed by atoms with E-state index in [1.165, 1.54) is 12.3 Å². The Morgan fingerprint density at radius 2 is 1.91 bits per heavy atom. The van der Waals surface area contributed by atoms with Crippen LogP contribution in [0.4, 0.5) is 10.1 Å². The Bertz CT molecular complexity index is 2180. The molecule has 2 fully saturated rings. The summed E-state index contributed by atoms with van der Waals surface area (Å²) in [5, 5.41) is 15.7. The Balaban J connectivity index is 1.17. The average molecular weight is 748 g/mol. The summed E-state index contributed by atoms with van der Waals surface area (Å²) < 4.78 is 22.8.